The molecule has 0 aliphatic carbocycles. The van der Waals surface area contributed by atoms with E-state index in [1.165, 1.54) is 12.3 Å². The maximum atomic E-state index is 13.2. The molecule has 4 aromatic heterocycles. The summed E-state index contributed by atoms with van der Waals surface area (Å²) in [6, 6.07) is 10.8. The third-order valence-electron chi connectivity index (χ3n) is 5.63. The Morgan fingerprint density at radius 1 is 1.14 bits per heavy atom. The zero-order valence-corrected chi connectivity index (χ0v) is 19.5. The second-order valence-corrected chi connectivity index (χ2v) is 8.90. The van der Waals surface area contributed by atoms with Crippen LogP contribution in [-0.4, -0.2) is 30.3 Å². The van der Waals surface area contributed by atoms with Crippen LogP contribution in [0.4, 0.5) is 18.9 Å². The molecule has 7 nitrogen and oxygen atoms in total. The van der Waals surface area contributed by atoms with Gasteiger partial charge in [-0.05, 0) is 49.1 Å². The number of hydrogen-bond acceptors (Lipinski definition) is 5. The zero-order valence-electron chi connectivity index (χ0n) is 18.7. The van der Waals surface area contributed by atoms with Gasteiger partial charge in [0.1, 0.15) is 5.56 Å². The lowest BCUT2D eigenvalue weighted by molar-refractivity contribution is -0.137. The second kappa shape index (κ2) is 8.66. The van der Waals surface area contributed by atoms with Gasteiger partial charge in [0.2, 0.25) is 0 Å². The molecule has 11 heteroatoms. The molecule has 5 rings (SSSR count). The zero-order chi connectivity index (χ0) is 24.7. The van der Waals surface area contributed by atoms with E-state index in [2.05, 4.69) is 20.5 Å². The molecule has 0 aliphatic heterocycles. The monoisotopic (exact) mass is 496 g/mol. The quantitative estimate of drug-likeness (QED) is 0.344. The van der Waals surface area contributed by atoms with Gasteiger partial charge in [0, 0.05) is 6.20 Å². The topological polar surface area (TPSA) is 77.1 Å². The van der Waals surface area contributed by atoms with Crippen molar-refractivity contribution in [2.45, 2.75) is 26.6 Å². The van der Waals surface area contributed by atoms with Gasteiger partial charge in [0.15, 0.2) is 5.65 Å². The Kier molecular flexibility index (Phi) is 5.64. The van der Waals surface area contributed by atoms with E-state index in [9.17, 15) is 18.0 Å². The number of carbonyl (C=O) groups is 1. The fourth-order valence-corrected chi connectivity index (χ4v) is 4.63. The Morgan fingerprint density at radius 2 is 1.97 bits per heavy atom. The van der Waals surface area contributed by atoms with Crippen LogP contribution < -0.4 is 5.32 Å². The smallest absolute Gasteiger partial charge is 0.319 e. The van der Waals surface area contributed by atoms with Gasteiger partial charge in [0.25, 0.3) is 5.91 Å². The summed E-state index contributed by atoms with van der Waals surface area (Å²) in [7, 11) is 0. The minimum Gasteiger partial charge on any atom is -0.319 e. The Bertz CT molecular complexity index is 1530. The molecular formula is C24H19F3N6OS. The molecule has 4 heterocycles. The molecule has 1 amide bonds. The summed E-state index contributed by atoms with van der Waals surface area (Å²) < 4.78 is 42.4. The minimum atomic E-state index is -4.42. The number of anilines is 1. The summed E-state index contributed by atoms with van der Waals surface area (Å²) in [5.74, 6) is -0.402. The van der Waals surface area contributed by atoms with E-state index < -0.39 is 17.6 Å². The van der Waals surface area contributed by atoms with Crippen molar-refractivity contribution in [1.82, 2.24) is 24.4 Å². The molecule has 0 atom stereocenters. The molecule has 0 bridgehead atoms. The molecule has 178 valence electrons. The van der Waals surface area contributed by atoms with Crippen LogP contribution in [0.3, 0.4) is 0 Å². The fourth-order valence-electron chi connectivity index (χ4n) is 3.89. The highest BCUT2D eigenvalue weighted by Gasteiger charge is 2.30. The maximum absolute atomic E-state index is 13.2. The molecule has 0 aliphatic rings. The van der Waals surface area contributed by atoms with E-state index in [-0.39, 0.29) is 6.54 Å². The van der Waals surface area contributed by atoms with Gasteiger partial charge in [-0.2, -0.15) is 23.4 Å². The number of nitrogens with one attached hydrogen (secondary N) is 1. The summed E-state index contributed by atoms with van der Waals surface area (Å²) in [5, 5.41) is 13.6. The normalized spacial score (nSPS) is 11.8. The molecule has 0 unspecified atom stereocenters. The van der Waals surface area contributed by atoms with E-state index in [0.717, 1.165) is 22.7 Å². The summed E-state index contributed by atoms with van der Waals surface area (Å²) in [6.45, 7) is 3.62. The van der Waals surface area contributed by atoms with E-state index >= 15 is 0 Å². The largest absolute Gasteiger partial charge is 0.416 e. The Hall–Kier alpha value is -3.99. The van der Waals surface area contributed by atoms with Crippen LogP contribution in [-0.2, 0) is 12.7 Å². The van der Waals surface area contributed by atoms with Crippen molar-refractivity contribution < 1.29 is 18.0 Å². The lowest BCUT2D eigenvalue weighted by atomic mass is 10.1. The van der Waals surface area contributed by atoms with Gasteiger partial charge >= 0.3 is 6.18 Å². The number of nitrogens with zero attached hydrogens (tertiary/aromatic N) is 5. The van der Waals surface area contributed by atoms with Crippen molar-refractivity contribution in [3.63, 3.8) is 0 Å². The first-order valence-corrected chi connectivity index (χ1v) is 11.5. The van der Waals surface area contributed by atoms with Gasteiger partial charge in [0.05, 0.1) is 46.0 Å². The SMILES string of the molecule is Cc1nn(Cc2cccc(C(F)(F)F)c2)c(C)c1NC(=O)c1cnn2c(-c3cccs3)ccnc12. The summed E-state index contributed by atoms with van der Waals surface area (Å²) >= 11 is 1.56. The van der Waals surface area contributed by atoms with Gasteiger partial charge in [-0.15, -0.1) is 11.3 Å². The van der Waals surface area contributed by atoms with Crippen molar-refractivity contribution in [1.29, 1.82) is 0 Å². The lowest BCUT2D eigenvalue weighted by Crippen LogP contribution is -2.14. The standard InChI is InChI=1S/C24H19F3N6OS/c1-14-21(15(2)32(31-14)13-16-5-3-6-17(11-16)24(25,26)27)30-23(34)18-12-29-33-19(8-9-28-22(18)33)20-7-4-10-35-20/h3-12H,13H2,1-2H3,(H,30,34). The van der Waals surface area contributed by atoms with Crippen molar-refractivity contribution in [2.24, 2.45) is 0 Å². The number of benzene rings is 1. The van der Waals surface area contributed by atoms with E-state index in [4.69, 9.17) is 0 Å². The first-order chi connectivity index (χ1) is 16.7. The van der Waals surface area contributed by atoms with Crippen LogP contribution in [0, 0.1) is 13.8 Å². The number of aryl methyl sites for hydroxylation is 1. The van der Waals surface area contributed by atoms with E-state index in [0.29, 0.717) is 33.8 Å². The summed E-state index contributed by atoms with van der Waals surface area (Å²) in [4.78, 5) is 18.5. The van der Waals surface area contributed by atoms with Gasteiger partial charge in [-0.25, -0.2) is 9.50 Å². The Labute approximate surface area is 201 Å². The number of thiophene rings is 1. The molecule has 0 saturated heterocycles. The first-order valence-electron chi connectivity index (χ1n) is 10.6. The van der Waals surface area contributed by atoms with Crippen molar-refractivity contribution in [3.8, 4) is 10.6 Å². The molecule has 0 spiro atoms. The van der Waals surface area contributed by atoms with Crippen LogP contribution >= 0.6 is 11.3 Å². The Morgan fingerprint density at radius 3 is 2.71 bits per heavy atom. The third kappa shape index (κ3) is 4.30. The number of fused-ring (bicyclic) bond motifs is 1. The summed E-state index contributed by atoms with van der Waals surface area (Å²) in [6.07, 6.45) is -1.32. The van der Waals surface area contributed by atoms with Crippen molar-refractivity contribution >= 4 is 28.6 Å². The molecular weight excluding hydrogens is 477 g/mol. The minimum absolute atomic E-state index is 0.134. The van der Waals surface area contributed by atoms with E-state index in [1.807, 2.05) is 23.6 Å². The molecule has 35 heavy (non-hydrogen) atoms. The average Bonchev–Trinajstić information content (AvgIpc) is 3.55. The number of rotatable bonds is 5. The molecule has 0 radical (unpaired) electrons. The van der Waals surface area contributed by atoms with Crippen molar-refractivity contribution in [2.75, 3.05) is 5.32 Å². The van der Waals surface area contributed by atoms with Crippen LogP contribution in [0.25, 0.3) is 16.2 Å². The Balaban J connectivity index is 1.41. The van der Waals surface area contributed by atoms with Crippen molar-refractivity contribution in [3.05, 3.63) is 88.3 Å². The third-order valence-corrected chi connectivity index (χ3v) is 6.52. The molecule has 5 aromatic rings. The number of carbonyl (C=O) groups excluding carboxylic acids is 1. The van der Waals surface area contributed by atoms with Gasteiger partial charge in [-0.3, -0.25) is 9.48 Å². The number of alkyl halides is 3. The number of hydrogen-bond donors (Lipinski definition) is 1. The second-order valence-electron chi connectivity index (χ2n) is 7.96. The van der Waals surface area contributed by atoms with Gasteiger partial charge in [-0.1, -0.05) is 18.2 Å². The fraction of sp³-hybridized carbons (Fsp3) is 0.167. The van der Waals surface area contributed by atoms with E-state index in [1.54, 1.807) is 46.6 Å². The lowest BCUT2D eigenvalue weighted by Gasteiger charge is -2.10. The highest BCUT2D eigenvalue weighted by molar-refractivity contribution is 7.13. The molecule has 0 saturated carbocycles. The summed E-state index contributed by atoms with van der Waals surface area (Å²) in [5.41, 5.74) is 2.95. The first kappa shape index (κ1) is 22.8. The highest BCUT2D eigenvalue weighted by atomic mass is 32.1. The maximum Gasteiger partial charge on any atom is 0.416 e. The highest BCUT2D eigenvalue weighted by Crippen LogP contribution is 2.30. The van der Waals surface area contributed by atoms with Crippen LogP contribution in [0.1, 0.15) is 32.9 Å². The number of aromatic nitrogens is 5. The predicted molar refractivity (Wildman–Crippen MR) is 127 cm³/mol. The predicted octanol–water partition coefficient (Wildman–Crippen LogP) is 5.59. The molecule has 1 aromatic carbocycles. The average molecular weight is 497 g/mol. The van der Waals surface area contributed by atoms with Crippen LogP contribution in [0.5, 0.6) is 0 Å². The number of amides is 1. The van der Waals surface area contributed by atoms with Crippen LogP contribution in [0.2, 0.25) is 0 Å². The molecule has 0 fully saturated rings. The van der Waals surface area contributed by atoms with Crippen LogP contribution in [0.15, 0.2) is 60.2 Å². The molecule has 1 N–H and O–H groups in total. The number of halogens is 3. The van der Waals surface area contributed by atoms with Gasteiger partial charge < -0.3 is 5.32 Å².